The third-order valence-electron chi connectivity index (χ3n) is 4.15. The van der Waals surface area contributed by atoms with E-state index in [9.17, 15) is 9.90 Å². The van der Waals surface area contributed by atoms with E-state index in [0.29, 0.717) is 32.7 Å². The number of nitrogens with zero attached hydrogens (tertiary/aromatic N) is 2. The number of hydrogen-bond acceptors (Lipinski definition) is 4. The van der Waals surface area contributed by atoms with E-state index < -0.39 is 6.10 Å². The van der Waals surface area contributed by atoms with E-state index in [1.54, 1.807) is 4.90 Å². The van der Waals surface area contributed by atoms with Crippen LogP contribution in [0.1, 0.15) is 12.0 Å². The Labute approximate surface area is 125 Å². The lowest BCUT2D eigenvalue weighted by atomic mass is 10.2. The van der Waals surface area contributed by atoms with E-state index in [1.165, 1.54) is 5.56 Å². The highest BCUT2D eigenvalue weighted by Crippen LogP contribution is 2.16. The summed E-state index contributed by atoms with van der Waals surface area (Å²) in [5.41, 5.74) is 1.25. The Balaban J connectivity index is 1.57. The molecule has 2 fully saturated rings. The van der Waals surface area contributed by atoms with E-state index in [-0.39, 0.29) is 12.0 Å². The fourth-order valence-corrected chi connectivity index (χ4v) is 2.98. The van der Waals surface area contributed by atoms with Crippen LogP contribution in [0.3, 0.4) is 0 Å². The number of amides is 1. The normalized spacial score (nSPS) is 27.0. The van der Waals surface area contributed by atoms with E-state index in [2.05, 4.69) is 17.0 Å². The van der Waals surface area contributed by atoms with Crippen LogP contribution in [0.5, 0.6) is 0 Å². The molecule has 2 aliphatic heterocycles. The molecule has 1 aromatic carbocycles. The van der Waals surface area contributed by atoms with Gasteiger partial charge in [-0.15, -0.1) is 0 Å². The second kappa shape index (κ2) is 6.56. The molecule has 0 aromatic heterocycles. The zero-order valence-corrected chi connectivity index (χ0v) is 12.1. The molecule has 0 spiro atoms. The van der Waals surface area contributed by atoms with Gasteiger partial charge in [0.15, 0.2) is 0 Å². The molecular formula is C16H22N2O3. The van der Waals surface area contributed by atoms with Gasteiger partial charge >= 0.3 is 0 Å². The lowest BCUT2D eigenvalue weighted by Gasteiger charge is -2.34. The minimum absolute atomic E-state index is 0.0179. The van der Waals surface area contributed by atoms with Crippen molar-refractivity contribution >= 4 is 5.91 Å². The molecule has 2 atom stereocenters. The van der Waals surface area contributed by atoms with Crippen molar-refractivity contribution in [2.75, 3.05) is 32.8 Å². The Kier molecular flexibility index (Phi) is 4.53. The van der Waals surface area contributed by atoms with Gasteiger partial charge in [0.1, 0.15) is 6.10 Å². The Morgan fingerprint density at radius 3 is 2.76 bits per heavy atom. The first-order chi connectivity index (χ1) is 10.2. The summed E-state index contributed by atoms with van der Waals surface area (Å²) in [5.74, 6) is 0.0179. The number of aliphatic hydroxyl groups excluding tert-OH is 1. The van der Waals surface area contributed by atoms with Crippen molar-refractivity contribution < 1.29 is 14.6 Å². The van der Waals surface area contributed by atoms with Gasteiger partial charge in [0.25, 0.3) is 5.91 Å². The fourth-order valence-electron chi connectivity index (χ4n) is 2.98. The first kappa shape index (κ1) is 14.5. The monoisotopic (exact) mass is 290 g/mol. The number of aliphatic hydroxyl groups is 1. The van der Waals surface area contributed by atoms with Crippen molar-refractivity contribution in [2.45, 2.75) is 25.2 Å². The number of morpholine rings is 1. The quantitative estimate of drug-likeness (QED) is 0.880. The molecule has 1 amide bonds. The van der Waals surface area contributed by atoms with Crippen LogP contribution in [-0.2, 0) is 16.1 Å². The van der Waals surface area contributed by atoms with Crippen molar-refractivity contribution in [1.82, 2.24) is 9.80 Å². The molecule has 2 saturated heterocycles. The molecule has 0 radical (unpaired) electrons. The average Bonchev–Trinajstić information content (AvgIpc) is 2.94. The van der Waals surface area contributed by atoms with Gasteiger partial charge in [-0.3, -0.25) is 9.69 Å². The Morgan fingerprint density at radius 1 is 1.24 bits per heavy atom. The van der Waals surface area contributed by atoms with Crippen LogP contribution in [-0.4, -0.2) is 65.8 Å². The van der Waals surface area contributed by atoms with Crippen molar-refractivity contribution in [2.24, 2.45) is 0 Å². The van der Waals surface area contributed by atoms with E-state index in [0.717, 1.165) is 13.1 Å². The zero-order valence-electron chi connectivity index (χ0n) is 12.1. The van der Waals surface area contributed by atoms with Gasteiger partial charge in [0.05, 0.1) is 12.7 Å². The van der Waals surface area contributed by atoms with Crippen LogP contribution in [0.25, 0.3) is 0 Å². The van der Waals surface area contributed by atoms with Gasteiger partial charge in [-0.25, -0.2) is 0 Å². The summed E-state index contributed by atoms with van der Waals surface area (Å²) < 4.78 is 5.64. The van der Waals surface area contributed by atoms with Crippen LogP contribution >= 0.6 is 0 Å². The minimum Gasteiger partial charge on any atom is -0.391 e. The lowest BCUT2D eigenvalue weighted by Crippen LogP contribution is -2.50. The standard InChI is InChI=1S/C16H22N2O3/c19-14-6-7-18(11-14)16(20)15-12-17(8-9-21-15)10-13-4-2-1-3-5-13/h1-5,14-15,19H,6-12H2/t14-,15?/m1/s1. The molecule has 2 heterocycles. The number of carbonyl (C=O) groups is 1. The third-order valence-corrected chi connectivity index (χ3v) is 4.15. The van der Waals surface area contributed by atoms with Crippen LogP contribution < -0.4 is 0 Å². The maximum absolute atomic E-state index is 12.4. The van der Waals surface area contributed by atoms with Gasteiger partial charge in [-0.05, 0) is 12.0 Å². The molecule has 1 N–H and O–H groups in total. The highest BCUT2D eigenvalue weighted by molar-refractivity contribution is 5.81. The summed E-state index contributed by atoms with van der Waals surface area (Å²) >= 11 is 0. The molecule has 1 unspecified atom stereocenters. The summed E-state index contributed by atoms with van der Waals surface area (Å²) in [7, 11) is 0. The first-order valence-corrected chi connectivity index (χ1v) is 7.57. The van der Waals surface area contributed by atoms with Crippen LogP contribution in [0.15, 0.2) is 30.3 Å². The average molecular weight is 290 g/mol. The molecule has 1 aromatic rings. The number of ether oxygens (including phenoxy) is 1. The van der Waals surface area contributed by atoms with Crippen LogP contribution in [0.4, 0.5) is 0 Å². The molecule has 21 heavy (non-hydrogen) atoms. The molecule has 114 valence electrons. The van der Waals surface area contributed by atoms with Gasteiger partial charge in [0.2, 0.25) is 0 Å². The second-order valence-corrected chi connectivity index (χ2v) is 5.81. The van der Waals surface area contributed by atoms with Gasteiger partial charge in [-0.1, -0.05) is 30.3 Å². The van der Waals surface area contributed by atoms with Crippen LogP contribution in [0.2, 0.25) is 0 Å². The van der Waals surface area contributed by atoms with Gasteiger partial charge in [0, 0.05) is 32.7 Å². The summed E-state index contributed by atoms with van der Waals surface area (Å²) in [6.45, 7) is 3.98. The SMILES string of the molecule is O=C(C1CN(Cc2ccccc2)CCO1)N1CC[C@@H](O)C1. The highest BCUT2D eigenvalue weighted by Gasteiger charge is 2.33. The molecule has 0 saturated carbocycles. The van der Waals surface area contributed by atoms with E-state index in [4.69, 9.17) is 4.74 Å². The van der Waals surface area contributed by atoms with Gasteiger partial charge in [-0.2, -0.15) is 0 Å². The topological polar surface area (TPSA) is 53.0 Å². The lowest BCUT2D eigenvalue weighted by molar-refractivity contribution is -0.149. The third kappa shape index (κ3) is 3.61. The number of rotatable bonds is 3. The Morgan fingerprint density at radius 2 is 2.05 bits per heavy atom. The molecule has 5 nitrogen and oxygen atoms in total. The van der Waals surface area contributed by atoms with Crippen molar-refractivity contribution in [3.8, 4) is 0 Å². The van der Waals surface area contributed by atoms with Gasteiger partial charge < -0.3 is 14.7 Å². The van der Waals surface area contributed by atoms with Crippen molar-refractivity contribution in [3.05, 3.63) is 35.9 Å². The predicted molar refractivity (Wildman–Crippen MR) is 78.7 cm³/mol. The maximum Gasteiger partial charge on any atom is 0.253 e. The zero-order chi connectivity index (χ0) is 14.7. The summed E-state index contributed by atoms with van der Waals surface area (Å²) in [6.07, 6.45) is -0.0997. The fraction of sp³-hybridized carbons (Fsp3) is 0.562. The molecule has 0 aliphatic carbocycles. The molecule has 5 heteroatoms. The first-order valence-electron chi connectivity index (χ1n) is 7.57. The smallest absolute Gasteiger partial charge is 0.253 e. The summed E-state index contributed by atoms with van der Waals surface area (Å²) in [4.78, 5) is 16.4. The molecular weight excluding hydrogens is 268 g/mol. The number of β-amino-alcohol motifs (C(OH)–C–C–N with tert-alkyl or cyclic N) is 1. The molecule has 0 bridgehead atoms. The molecule has 2 aliphatic rings. The van der Waals surface area contributed by atoms with Crippen molar-refractivity contribution in [1.29, 1.82) is 0 Å². The van der Waals surface area contributed by atoms with Crippen molar-refractivity contribution in [3.63, 3.8) is 0 Å². The van der Waals surface area contributed by atoms with E-state index >= 15 is 0 Å². The number of carbonyl (C=O) groups excluding carboxylic acids is 1. The maximum atomic E-state index is 12.4. The van der Waals surface area contributed by atoms with Crippen LogP contribution in [0, 0.1) is 0 Å². The number of likely N-dealkylation sites (tertiary alicyclic amines) is 1. The highest BCUT2D eigenvalue weighted by atomic mass is 16.5. The predicted octanol–water partition coefficient (Wildman–Crippen LogP) is 0.481. The van der Waals surface area contributed by atoms with E-state index in [1.807, 2.05) is 18.2 Å². The summed E-state index contributed by atoms with van der Waals surface area (Å²) in [6, 6.07) is 10.3. The second-order valence-electron chi connectivity index (χ2n) is 5.81. The molecule has 3 rings (SSSR count). The Bertz CT molecular complexity index is 480. The largest absolute Gasteiger partial charge is 0.391 e. The number of benzene rings is 1. The minimum atomic E-state index is -0.396. The summed E-state index contributed by atoms with van der Waals surface area (Å²) in [5, 5.41) is 9.55. The number of hydrogen-bond donors (Lipinski definition) is 1. The Hall–Kier alpha value is -1.43.